The zero-order chi connectivity index (χ0) is 45.3. The van der Waals surface area contributed by atoms with E-state index < -0.39 is 0 Å². The normalized spacial score (nSPS) is 13.9. The number of nitrogens with zero attached hydrogens (tertiary/aromatic N) is 3. The molecule has 0 fully saturated rings. The topological polar surface area (TPSA) is 13.8 Å². The van der Waals surface area contributed by atoms with Crippen molar-refractivity contribution in [3.8, 4) is 39.1 Å². The number of aromatic nitrogens is 3. The average molecular weight is 886 g/mol. The van der Waals surface area contributed by atoms with Crippen molar-refractivity contribution in [3.05, 3.63) is 247 Å². The summed E-state index contributed by atoms with van der Waals surface area (Å²) in [5.74, 6) is 0.169. The van der Waals surface area contributed by atoms with Crippen LogP contribution in [0.5, 0.6) is 0 Å². The summed E-state index contributed by atoms with van der Waals surface area (Å²) in [7, 11) is 0. The van der Waals surface area contributed by atoms with E-state index >= 15 is 0 Å². The molecule has 11 aromatic carbocycles. The molecule has 16 aromatic rings. The van der Waals surface area contributed by atoms with Gasteiger partial charge in [0.25, 0.3) is 0 Å². The lowest BCUT2D eigenvalue weighted by molar-refractivity contribution is 1.02. The van der Waals surface area contributed by atoms with Gasteiger partial charge in [-0.3, -0.25) is 0 Å². The minimum Gasteiger partial charge on any atom is -0.309 e. The highest BCUT2D eigenvalue weighted by Crippen LogP contribution is 2.57. The molecular formula is C67H39N3. The van der Waals surface area contributed by atoms with Gasteiger partial charge >= 0.3 is 0 Å². The summed E-state index contributed by atoms with van der Waals surface area (Å²) >= 11 is 0. The Labute approximate surface area is 401 Å². The number of para-hydroxylation sites is 4. The fourth-order valence-corrected chi connectivity index (χ4v) is 13.7. The zero-order valence-electron chi connectivity index (χ0n) is 37.9. The van der Waals surface area contributed by atoms with Crippen LogP contribution in [0.15, 0.2) is 231 Å². The summed E-state index contributed by atoms with van der Waals surface area (Å²) in [4.78, 5) is 0. The molecule has 0 N–H and O–H groups in total. The van der Waals surface area contributed by atoms with E-state index in [4.69, 9.17) is 0 Å². The van der Waals surface area contributed by atoms with Crippen LogP contribution in [0.2, 0.25) is 0 Å². The van der Waals surface area contributed by atoms with Gasteiger partial charge in [0, 0.05) is 76.6 Å². The van der Waals surface area contributed by atoms with E-state index in [-0.39, 0.29) is 5.92 Å². The van der Waals surface area contributed by atoms with E-state index in [9.17, 15) is 0 Å². The molecule has 0 aliphatic heterocycles. The van der Waals surface area contributed by atoms with Crippen LogP contribution in [-0.4, -0.2) is 13.4 Å². The number of hydrogen-bond acceptors (Lipinski definition) is 0. The van der Waals surface area contributed by atoms with E-state index in [1.807, 2.05) is 0 Å². The summed E-state index contributed by atoms with van der Waals surface area (Å²) in [6.07, 6.45) is 0. The second-order valence-corrected chi connectivity index (χ2v) is 19.4. The van der Waals surface area contributed by atoms with Crippen LogP contribution in [0.25, 0.3) is 137 Å². The zero-order valence-corrected chi connectivity index (χ0v) is 37.9. The first-order valence-corrected chi connectivity index (χ1v) is 24.5. The van der Waals surface area contributed by atoms with Gasteiger partial charge in [-0.15, -0.1) is 0 Å². The summed E-state index contributed by atoms with van der Waals surface area (Å²) < 4.78 is 7.76. The van der Waals surface area contributed by atoms with E-state index in [0.29, 0.717) is 0 Å². The number of fused-ring (bicyclic) bond motifs is 20. The third-order valence-electron chi connectivity index (χ3n) is 16.1. The largest absolute Gasteiger partial charge is 0.309 e. The molecule has 0 amide bonds. The van der Waals surface area contributed by atoms with Crippen molar-refractivity contribution >= 4 is 98.0 Å². The summed E-state index contributed by atoms with van der Waals surface area (Å²) in [5.41, 5.74) is 22.9. The molecule has 5 heterocycles. The van der Waals surface area contributed by atoms with Crippen molar-refractivity contribution in [1.82, 2.24) is 13.4 Å². The molecule has 1 aliphatic rings. The summed E-state index contributed by atoms with van der Waals surface area (Å²) in [6.45, 7) is 0. The van der Waals surface area contributed by atoms with Crippen molar-refractivity contribution in [2.24, 2.45) is 0 Å². The van der Waals surface area contributed by atoms with Crippen LogP contribution in [-0.2, 0) is 0 Å². The predicted molar refractivity (Wildman–Crippen MR) is 294 cm³/mol. The van der Waals surface area contributed by atoms with Crippen molar-refractivity contribution < 1.29 is 0 Å². The Kier molecular flexibility index (Phi) is 7.00. The quantitative estimate of drug-likeness (QED) is 0.167. The molecule has 70 heavy (non-hydrogen) atoms. The molecule has 0 saturated heterocycles. The van der Waals surface area contributed by atoms with Crippen molar-refractivity contribution in [2.45, 2.75) is 5.92 Å². The smallest absolute Gasteiger partial charge is 0.0634 e. The molecule has 3 nitrogen and oxygen atoms in total. The number of benzene rings is 11. The summed E-state index contributed by atoms with van der Waals surface area (Å²) in [5, 5.41) is 12.9. The maximum atomic E-state index is 2.66. The predicted octanol–water partition coefficient (Wildman–Crippen LogP) is 17.6. The Morgan fingerprint density at radius 2 is 0.743 bits per heavy atom. The van der Waals surface area contributed by atoms with Gasteiger partial charge in [0.05, 0.1) is 44.1 Å². The SMILES string of the molecule is c1ccc(-c2c3c4cccc5c6c7c8ccccc8n(-c8ccccc8)c7ccc6n(c3c(-c3ccccc3)c3c6cccc7c8c9c(ccc8n(c23)c76)C(c2ccccc2)c2ccccc2-9)c45)cc1. The maximum absolute atomic E-state index is 2.66. The molecule has 322 valence electrons. The molecule has 0 bridgehead atoms. The Morgan fingerprint density at radius 1 is 0.271 bits per heavy atom. The highest BCUT2D eigenvalue weighted by Gasteiger charge is 2.35. The van der Waals surface area contributed by atoms with Crippen molar-refractivity contribution in [1.29, 1.82) is 0 Å². The molecule has 17 rings (SSSR count). The molecule has 5 aromatic heterocycles. The highest BCUT2D eigenvalue weighted by molar-refractivity contribution is 6.40. The van der Waals surface area contributed by atoms with E-state index in [2.05, 4.69) is 244 Å². The first kappa shape index (κ1) is 36.9. The number of rotatable bonds is 4. The molecule has 1 aliphatic carbocycles. The van der Waals surface area contributed by atoms with E-state index in [1.165, 1.54) is 154 Å². The minimum absolute atomic E-state index is 0.169. The fourth-order valence-electron chi connectivity index (χ4n) is 13.7. The summed E-state index contributed by atoms with van der Waals surface area (Å²) in [6, 6.07) is 86.3. The standard InChI is InChI=1S/C67H39N3/c1-5-19-39(20-6-1)55-43-27-13-14-28-44(43)58-46(55)35-36-53-60(58)47-30-17-32-49-62-57(41-23-9-3-10-24-41)67-63(56(40-21-7-2-8-22-40)66(62)69(53)64(47)49)50-33-18-31-48-61-54(70(67)65(48)50)38-37-52-59(61)45-29-15-16-34-51(45)68(52)42-25-11-4-12-26-42/h1-38,55H. The molecule has 0 saturated carbocycles. The molecule has 0 spiro atoms. The third-order valence-corrected chi connectivity index (χ3v) is 16.1. The van der Waals surface area contributed by atoms with Crippen molar-refractivity contribution in [3.63, 3.8) is 0 Å². The Bertz CT molecular complexity index is 4840. The minimum atomic E-state index is 0.169. The first-order chi connectivity index (χ1) is 34.8. The van der Waals surface area contributed by atoms with Gasteiger partial charge in [0.1, 0.15) is 0 Å². The lowest BCUT2D eigenvalue weighted by Gasteiger charge is -2.16. The second kappa shape index (κ2) is 13.3. The second-order valence-electron chi connectivity index (χ2n) is 19.4. The van der Waals surface area contributed by atoms with Crippen LogP contribution >= 0.6 is 0 Å². The van der Waals surface area contributed by atoms with Gasteiger partial charge in [-0.25, -0.2) is 0 Å². The Balaban J connectivity index is 1.10. The van der Waals surface area contributed by atoms with Gasteiger partial charge in [-0.05, 0) is 75.3 Å². The Morgan fingerprint density at radius 3 is 1.40 bits per heavy atom. The lowest BCUT2D eigenvalue weighted by Crippen LogP contribution is -1.98. The van der Waals surface area contributed by atoms with Crippen LogP contribution < -0.4 is 0 Å². The average Bonchev–Trinajstić information content (AvgIpc) is 4.27. The third kappa shape index (κ3) is 4.42. The molecule has 3 heteroatoms. The van der Waals surface area contributed by atoms with Gasteiger partial charge in [0.15, 0.2) is 0 Å². The van der Waals surface area contributed by atoms with Crippen molar-refractivity contribution in [2.75, 3.05) is 0 Å². The van der Waals surface area contributed by atoms with Crippen LogP contribution in [0.1, 0.15) is 22.6 Å². The van der Waals surface area contributed by atoms with E-state index in [0.717, 1.165) is 0 Å². The van der Waals surface area contributed by atoms with Gasteiger partial charge in [-0.1, -0.05) is 194 Å². The monoisotopic (exact) mass is 885 g/mol. The van der Waals surface area contributed by atoms with E-state index in [1.54, 1.807) is 0 Å². The van der Waals surface area contributed by atoms with Gasteiger partial charge in [-0.2, -0.15) is 0 Å². The van der Waals surface area contributed by atoms with Crippen LogP contribution in [0.3, 0.4) is 0 Å². The highest BCUT2D eigenvalue weighted by atomic mass is 15.0. The van der Waals surface area contributed by atoms with Crippen LogP contribution in [0, 0.1) is 0 Å². The molecule has 1 atom stereocenters. The Hall–Kier alpha value is -9.18. The van der Waals surface area contributed by atoms with Crippen LogP contribution in [0.4, 0.5) is 0 Å². The van der Waals surface area contributed by atoms with Gasteiger partial charge in [0.2, 0.25) is 0 Å². The first-order valence-electron chi connectivity index (χ1n) is 24.5. The fraction of sp³-hybridized carbons (Fsp3) is 0.0149. The van der Waals surface area contributed by atoms with Gasteiger partial charge < -0.3 is 13.4 Å². The molecule has 1 unspecified atom stereocenters. The maximum Gasteiger partial charge on any atom is 0.0634 e. The molecular weight excluding hydrogens is 847 g/mol. The molecule has 0 radical (unpaired) electrons. The number of hydrogen-bond donors (Lipinski definition) is 0. The lowest BCUT2D eigenvalue weighted by atomic mass is 9.88.